The molecule has 2 aliphatic heterocycles. The topological polar surface area (TPSA) is 96.0 Å². The Hall–Kier alpha value is -2.74. The molecule has 30 heavy (non-hydrogen) atoms. The normalized spacial score (nSPS) is 16.9. The van der Waals surface area contributed by atoms with Crippen molar-refractivity contribution in [2.24, 2.45) is 5.92 Å². The zero-order chi connectivity index (χ0) is 21.8. The molecule has 0 aromatic heterocycles. The van der Waals surface area contributed by atoms with Gasteiger partial charge in [0.2, 0.25) is 5.91 Å². The average molecular weight is 415 g/mol. The standard InChI is InChI=1S/C22H29N3O5/c1-14(2)19(26)23-16-7-10-24(11-8-16)20(27)15-5-6-17-18(13-15)22(29)25(21(17)28)9-4-12-30-3/h5-6,13-14,16H,4,7-12H2,1-3H3,(H,23,26). The highest BCUT2D eigenvalue weighted by atomic mass is 16.5. The van der Waals surface area contributed by atoms with Crippen molar-refractivity contribution in [1.29, 1.82) is 0 Å². The smallest absolute Gasteiger partial charge is 0.261 e. The number of nitrogens with one attached hydrogen (secondary N) is 1. The maximum Gasteiger partial charge on any atom is 0.261 e. The van der Waals surface area contributed by atoms with Crippen LogP contribution in [0.4, 0.5) is 0 Å². The summed E-state index contributed by atoms with van der Waals surface area (Å²) in [6, 6.07) is 4.77. The third-order valence-corrected chi connectivity index (χ3v) is 5.60. The number of carbonyl (C=O) groups excluding carboxylic acids is 4. The number of carbonyl (C=O) groups is 4. The summed E-state index contributed by atoms with van der Waals surface area (Å²) in [6.45, 7) is 5.53. The molecule has 1 aromatic rings. The number of nitrogens with zero attached hydrogens (tertiary/aromatic N) is 2. The zero-order valence-corrected chi connectivity index (χ0v) is 17.8. The molecule has 0 atom stereocenters. The van der Waals surface area contributed by atoms with Crippen molar-refractivity contribution in [2.75, 3.05) is 33.4 Å². The summed E-state index contributed by atoms with van der Waals surface area (Å²) in [4.78, 5) is 52.9. The molecule has 0 bridgehead atoms. The fourth-order valence-corrected chi connectivity index (χ4v) is 3.77. The first-order chi connectivity index (χ1) is 14.3. The monoisotopic (exact) mass is 415 g/mol. The summed E-state index contributed by atoms with van der Waals surface area (Å²) in [5.74, 6) is -0.894. The molecule has 8 heteroatoms. The van der Waals surface area contributed by atoms with E-state index in [1.165, 1.54) is 11.0 Å². The minimum absolute atomic E-state index is 0.0247. The highest BCUT2D eigenvalue weighted by Crippen LogP contribution is 2.25. The molecule has 1 aromatic carbocycles. The lowest BCUT2D eigenvalue weighted by Crippen LogP contribution is -2.47. The molecular weight excluding hydrogens is 386 g/mol. The lowest BCUT2D eigenvalue weighted by molar-refractivity contribution is -0.124. The third-order valence-electron chi connectivity index (χ3n) is 5.60. The van der Waals surface area contributed by atoms with Crippen molar-refractivity contribution in [2.45, 2.75) is 39.2 Å². The Labute approximate surface area is 176 Å². The third kappa shape index (κ3) is 4.53. The number of piperidine rings is 1. The minimum atomic E-state index is -0.365. The van der Waals surface area contributed by atoms with Crippen LogP contribution in [0.3, 0.4) is 0 Å². The van der Waals surface area contributed by atoms with Gasteiger partial charge in [-0.2, -0.15) is 0 Å². The van der Waals surface area contributed by atoms with Gasteiger partial charge in [-0.3, -0.25) is 24.1 Å². The van der Waals surface area contributed by atoms with Crippen molar-refractivity contribution in [3.63, 3.8) is 0 Å². The number of likely N-dealkylation sites (tertiary alicyclic amines) is 1. The molecule has 0 radical (unpaired) electrons. The number of fused-ring (bicyclic) bond motifs is 1. The molecule has 3 rings (SSSR count). The zero-order valence-electron chi connectivity index (χ0n) is 17.8. The van der Waals surface area contributed by atoms with E-state index in [4.69, 9.17) is 4.74 Å². The molecule has 0 aliphatic carbocycles. The highest BCUT2D eigenvalue weighted by Gasteiger charge is 2.36. The molecular formula is C22H29N3O5. The highest BCUT2D eigenvalue weighted by molar-refractivity contribution is 6.22. The van der Waals surface area contributed by atoms with Crippen LogP contribution in [0.2, 0.25) is 0 Å². The predicted molar refractivity (Wildman–Crippen MR) is 110 cm³/mol. The lowest BCUT2D eigenvalue weighted by Gasteiger charge is -2.32. The van der Waals surface area contributed by atoms with Gasteiger partial charge in [0, 0.05) is 50.9 Å². The number of amides is 4. The molecule has 2 aliphatic rings. The molecule has 2 heterocycles. The summed E-state index contributed by atoms with van der Waals surface area (Å²) in [6.07, 6.45) is 1.95. The molecule has 0 spiro atoms. The molecule has 1 saturated heterocycles. The van der Waals surface area contributed by atoms with Gasteiger partial charge >= 0.3 is 0 Å². The first-order valence-corrected chi connectivity index (χ1v) is 10.4. The second-order valence-corrected chi connectivity index (χ2v) is 8.10. The summed E-state index contributed by atoms with van der Waals surface area (Å²) < 4.78 is 4.98. The van der Waals surface area contributed by atoms with Crippen LogP contribution in [0.15, 0.2) is 18.2 Å². The van der Waals surface area contributed by atoms with Crippen LogP contribution in [-0.4, -0.2) is 72.8 Å². The number of hydrogen-bond donors (Lipinski definition) is 1. The van der Waals surface area contributed by atoms with Gasteiger partial charge in [0.25, 0.3) is 17.7 Å². The average Bonchev–Trinajstić information content (AvgIpc) is 2.98. The van der Waals surface area contributed by atoms with Gasteiger partial charge in [0.05, 0.1) is 11.1 Å². The maximum atomic E-state index is 12.9. The number of ether oxygens (including phenoxy) is 1. The Morgan fingerprint density at radius 1 is 1.13 bits per heavy atom. The molecule has 4 amide bonds. The van der Waals surface area contributed by atoms with E-state index in [1.807, 2.05) is 13.8 Å². The summed E-state index contributed by atoms with van der Waals surface area (Å²) in [5, 5.41) is 3.01. The quantitative estimate of drug-likeness (QED) is 0.540. The Balaban J connectivity index is 1.64. The van der Waals surface area contributed by atoms with Gasteiger partial charge in [-0.15, -0.1) is 0 Å². The Morgan fingerprint density at radius 3 is 2.43 bits per heavy atom. The van der Waals surface area contributed by atoms with Crippen molar-refractivity contribution >= 4 is 23.6 Å². The van der Waals surface area contributed by atoms with Crippen LogP contribution in [0.1, 0.15) is 64.2 Å². The van der Waals surface area contributed by atoms with Gasteiger partial charge in [0.1, 0.15) is 0 Å². The van der Waals surface area contributed by atoms with Crippen LogP contribution >= 0.6 is 0 Å². The fraction of sp³-hybridized carbons (Fsp3) is 0.545. The van der Waals surface area contributed by atoms with Gasteiger partial charge in [-0.25, -0.2) is 0 Å². The van der Waals surface area contributed by atoms with Crippen molar-refractivity contribution in [1.82, 2.24) is 15.1 Å². The largest absolute Gasteiger partial charge is 0.385 e. The first-order valence-electron chi connectivity index (χ1n) is 10.4. The van der Waals surface area contributed by atoms with E-state index < -0.39 is 0 Å². The number of benzene rings is 1. The number of methoxy groups -OCH3 is 1. The van der Waals surface area contributed by atoms with Crippen LogP contribution in [0, 0.1) is 5.92 Å². The van der Waals surface area contributed by atoms with Gasteiger partial charge < -0.3 is 15.0 Å². The Bertz CT molecular complexity index is 843. The van der Waals surface area contributed by atoms with Gasteiger partial charge in [-0.05, 0) is 37.5 Å². The van der Waals surface area contributed by atoms with Gasteiger partial charge in [-0.1, -0.05) is 13.8 Å². The summed E-state index contributed by atoms with van der Waals surface area (Å²) in [5.41, 5.74) is 1.02. The second-order valence-electron chi connectivity index (χ2n) is 8.10. The fourth-order valence-electron chi connectivity index (χ4n) is 3.77. The minimum Gasteiger partial charge on any atom is -0.385 e. The number of hydrogen-bond acceptors (Lipinski definition) is 5. The summed E-state index contributed by atoms with van der Waals surface area (Å²) in [7, 11) is 1.57. The van der Waals surface area contributed by atoms with Crippen LogP contribution in [-0.2, 0) is 9.53 Å². The molecule has 8 nitrogen and oxygen atoms in total. The molecule has 1 fully saturated rings. The number of imide groups is 1. The lowest BCUT2D eigenvalue weighted by atomic mass is 10.0. The maximum absolute atomic E-state index is 12.9. The van der Waals surface area contributed by atoms with Crippen LogP contribution in [0.25, 0.3) is 0 Å². The van der Waals surface area contributed by atoms with E-state index in [-0.39, 0.29) is 41.2 Å². The SMILES string of the molecule is COCCCN1C(=O)c2ccc(C(=O)N3CCC(NC(=O)C(C)C)CC3)cc2C1=O. The molecule has 0 saturated carbocycles. The van der Waals surface area contributed by atoms with Crippen molar-refractivity contribution in [3.8, 4) is 0 Å². The summed E-state index contributed by atoms with van der Waals surface area (Å²) >= 11 is 0. The Kier molecular flexibility index (Phi) is 6.87. The van der Waals surface area contributed by atoms with E-state index in [2.05, 4.69) is 5.32 Å². The van der Waals surface area contributed by atoms with Gasteiger partial charge in [0.15, 0.2) is 0 Å². The second kappa shape index (κ2) is 9.38. The van der Waals surface area contributed by atoms with E-state index in [0.717, 1.165) is 0 Å². The van der Waals surface area contributed by atoms with Crippen molar-refractivity contribution < 1.29 is 23.9 Å². The predicted octanol–water partition coefficient (Wildman–Crippen LogP) is 1.70. The van der Waals surface area contributed by atoms with Crippen LogP contribution < -0.4 is 5.32 Å². The van der Waals surface area contributed by atoms with E-state index in [0.29, 0.717) is 56.6 Å². The molecule has 0 unspecified atom stereocenters. The first kappa shape index (κ1) is 22.0. The number of rotatable bonds is 7. The van der Waals surface area contributed by atoms with E-state index in [9.17, 15) is 19.2 Å². The Morgan fingerprint density at radius 2 is 1.80 bits per heavy atom. The van der Waals surface area contributed by atoms with Crippen molar-refractivity contribution in [3.05, 3.63) is 34.9 Å². The van der Waals surface area contributed by atoms with Crippen LogP contribution in [0.5, 0.6) is 0 Å². The molecule has 162 valence electrons. The van der Waals surface area contributed by atoms with E-state index >= 15 is 0 Å². The van der Waals surface area contributed by atoms with E-state index in [1.54, 1.807) is 24.1 Å². The molecule has 1 N–H and O–H groups in total.